The Morgan fingerprint density at radius 3 is 2.42 bits per heavy atom. The van der Waals surface area contributed by atoms with Gasteiger partial charge >= 0.3 is 0 Å². The zero-order valence-electron chi connectivity index (χ0n) is 10.7. The Balaban J connectivity index is 2.33. The Kier molecular flexibility index (Phi) is 3.90. The third kappa shape index (κ3) is 2.79. The fourth-order valence-corrected chi connectivity index (χ4v) is 2.18. The van der Waals surface area contributed by atoms with E-state index in [9.17, 15) is 9.90 Å². The maximum Gasteiger partial charge on any atom is 0.258 e. The van der Waals surface area contributed by atoms with E-state index in [-0.39, 0.29) is 11.7 Å². The largest absolute Gasteiger partial charge is 0.508 e. The number of hydrogen-bond acceptors (Lipinski definition) is 2. The summed E-state index contributed by atoms with van der Waals surface area (Å²) in [5.41, 5.74) is 2.31. The average molecular weight is 320 g/mol. The summed E-state index contributed by atoms with van der Waals surface area (Å²) in [6, 6.07) is 12.1. The number of halogens is 1. The number of phenolic OH excluding ortho intramolecular Hbond substituents is 1. The van der Waals surface area contributed by atoms with E-state index in [0.29, 0.717) is 5.56 Å². The Hall–Kier alpha value is -1.81. The minimum Gasteiger partial charge on any atom is -0.508 e. The number of phenols is 1. The van der Waals surface area contributed by atoms with E-state index in [1.54, 1.807) is 42.3 Å². The minimum absolute atomic E-state index is 0.0792. The summed E-state index contributed by atoms with van der Waals surface area (Å²) in [6.45, 7) is 1.90. The Bertz CT molecular complexity index is 608. The van der Waals surface area contributed by atoms with E-state index < -0.39 is 0 Å². The highest BCUT2D eigenvalue weighted by atomic mass is 79.9. The highest BCUT2D eigenvalue weighted by molar-refractivity contribution is 9.10. The lowest BCUT2D eigenvalue weighted by Gasteiger charge is -2.19. The van der Waals surface area contributed by atoms with Crippen LogP contribution >= 0.6 is 15.9 Å². The van der Waals surface area contributed by atoms with Crippen LogP contribution in [0.25, 0.3) is 0 Å². The van der Waals surface area contributed by atoms with Crippen LogP contribution < -0.4 is 4.90 Å². The summed E-state index contributed by atoms with van der Waals surface area (Å²) in [6.07, 6.45) is 0. The van der Waals surface area contributed by atoms with E-state index in [1.165, 1.54) is 0 Å². The van der Waals surface area contributed by atoms with Crippen molar-refractivity contribution in [1.82, 2.24) is 0 Å². The standard InChI is InChI=1S/C15H14BrNO2/c1-10-13(4-3-5-14(10)16)15(19)17(2)11-6-8-12(18)9-7-11/h3-9,18H,1-2H3. The minimum atomic E-state index is -0.0792. The predicted octanol–water partition coefficient (Wildman–Crippen LogP) is 3.74. The van der Waals surface area contributed by atoms with Gasteiger partial charge in [-0.25, -0.2) is 0 Å². The van der Waals surface area contributed by atoms with Gasteiger partial charge < -0.3 is 10.0 Å². The van der Waals surface area contributed by atoms with Gasteiger partial charge in [-0.3, -0.25) is 4.79 Å². The molecule has 0 saturated carbocycles. The molecule has 0 aromatic heterocycles. The fraction of sp³-hybridized carbons (Fsp3) is 0.133. The molecule has 0 atom stereocenters. The monoisotopic (exact) mass is 319 g/mol. The summed E-state index contributed by atoms with van der Waals surface area (Å²) in [7, 11) is 1.72. The molecule has 2 aromatic carbocycles. The molecule has 1 amide bonds. The van der Waals surface area contributed by atoms with Crippen LogP contribution in [0.5, 0.6) is 5.75 Å². The van der Waals surface area contributed by atoms with Crippen molar-refractivity contribution in [3.63, 3.8) is 0 Å². The SMILES string of the molecule is Cc1c(Br)cccc1C(=O)N(C)c1ccc(O)cc1. The number of rotatable bonds is 2. The van der Waals surface area contributed by atoms with Gasteiger partial charge in [-0.2, -0.15) is 0 Å². The van der Waals surface area contributed by atoms with Gasteiger partial charge in [0.1, 0.15) is 5.75 Å². The van der Waals surface area contributed by atoms with Crippen LogP contribution in [0.15, 0.2) is 46.9 Å². The number of aromatic hydroxyl groups is 1. The van der Waals surface area contributed by atoms with Crippen LogP contribution in [0.2, 0.25) is 0 Å². The molecule has 0 aliphatic heterocycles. The van der Waals surface area contributed by atoms with Gasteiger partial charge in [0, 0.05) is 22.8 Å². The molecule has 0 spiro atoms. The zero-order valence-corrected chi connectivity index (χ0v) is 12.3. The van der Waals surface area contributed by atoms with Crippen molar-refractivity contribution in [2.24, 2.45) is 0 Å². The van der Waals surface area contributed by atoms with Crippen molar-refractivity contribution in [2.45, 2.75) is 6.92 Å². The lowest BCUT2D eigenvalue weighted by molar-refractivity contribution is 0.0992. The summed E-state index contributed by atoms with van der Waals surface area (Å²) < 4.78 is 0.914. The van der Waals surface area contributed by atoms with Crippen LogP contribution in [0.1, 0.15) is 15.9 Å². The normalized spacial score (nSPS) is 10.3. The maximum atomic E-state index is 12.4. The second kappa shape index (κ2) is 5.45. The molecule has 0 heterocycles. The van der Waals surface area contributed by atoms with E-state index in [2.05, 4.69) is 15.9 Å². The summed E-state index contributed by atoms with van der Waals surface area (Å²) in [4.78, 5) is 14.0. The van der Waals surface area contributed by atoms with Gasteiger partial charge in [0.05, 0.1) is 0 Å². The molecule has 4 heteroatoms. The number of amides is 1. The van der Waals surface area contributed by atoms with Crippen molar-refractivity contribution in [3.8, 4) is 5.75 Å². The number of carbonyl (C=O) groups excluding carboxylic acids is 1. The molecule has 0 unspecified atom stereocenters. The van der Waals surface area contributed by atoms with E-state index in [4.69, 9.17) is 0 Å². The molecular formula is C15H14BrNO2. The van der Waals surface area contributed by atoms with Crippen molar-refractivity contribution >= 4 is 27.5 Å². The molecule has 2 rings (SSSR count). The molecule has 98 valence electrons. The molecule has 0 fully saturated rings. The third-order valence-corrected chi connectivity index (χ3v) is 3.90. The van der Waals surface area contributed by atoms with Crippen LogP contribution in [-0.2, 0) is 0 Å². The molecule has 2 aromatic rings. The van der Waals surface area contributed by atoms with Crippen LogP contribution in [-0.4, -0.2) is 18.1 Å². The second-order valence-electron chi connectivity index (χ2n) is 4.29. The Morgan fingerprint density at radius 2 is 1.79 bits per heavy atom. The number of carbonyl (C=O) groups is 1. The van der Waals surface area contributed by atoms with Gasteiger partial charge in [-0.15, -0.1) is 0 Å². The summed E-state index contributed by atoms with van der Waals surface area (Å²) >= 11 is 3.43. The van der Waals surface area contributed by atoms with Crippen molar-refractivity contribution in [2.75, 3.05) is 11.9 Å². The van der Waals surface area contributed by atoms with Crippen LogP contribution in [0, 0.1) is 6.92 Å². The van der Waals surface area contributed by atoms with Gasteiger partial charge in [-0.05, 0) is 48.9 Å². The quantitative estimate of drug-likeness (QED) is 0.916. The number of nitrogens with zero attached hydrogens (tertiary/aromatic N) is 1. The average Bonchev–Trinajstić information content (AvgIpc) is 2.41. The molecule has 1 N–H and O–H groups in total. The van der Waals surface area contributed by atoms with E-state index >= 15 is 0 Å². The summed E-state index contributed by atoms with van der Waals surface area (Å²) in [5.74, 6) is 0.104. The number of anilines is 1. The first-order valence-corrected chi connectivity index (χ1v) is 6.62. The molecule has 0 bridgehead atoms. The lowest BCUT2D eigenvalue weighted by Crippen LogP contribution is -2.26. The third-order valence-electron chi connectivity index (χ3n) is 3.04. The van der Waals surface area contributed by atoms with Crippen molar-refractivity contribution in [1.29, 1.82) is 0 Å². The Morgan fingerprint density at radius 1 is 1.16 bits per heavy atom. The first-order valence-electron chi connectivity index (χ1n) is 5.83. The number of benzene rings is 2. The highest BCUT2D eigenvalue weighted by Crippen LogP contribution is 2.23. The zero-order chi connectivity index (χ0) is 14.0. The van der Waals surface area contributed by atoms with E-state index in [1.807, 2.05) is 19.1 Å². The second-order valence-corrected chi connectivity index (χ2v) is 5.15. The fourth-order valence-electron chi connectivity index (χ4n) is 1.81. The molecule has 0 saturated heterocycles. The number of hydrogen-bond donors (Lipinski definition) is 1. The van der Waals surface area contributed by atoms with Crippen molar-refractivity contribution < 1.29 is 9.90 Å². The smallest absolute Gasteiger partial charge is 0.258 e. The van der Waals surface area contributed by atoms with Gasteiger partial charge in [0.25, 0.3) is 5.91 Å². The topological polar surface area (TPSA) is 40.5 Å². The molecule has 0 aliphatic carbocycles. The van der Waals surface area contributed by atoms with Gasteiger partial charge in [0.2, 0.25) is 0 Å². The summed E-state index contributed by atoms with van der Waals surface area (Å²) in [5, 5.41) is 9.26. The first kappa shape index (κ1) is 13.6. The van der Waals surface area contributed by atoms with Gasteiger partial charge in [0.15, 0.2) is 0 Å². The van der Waals surface area contributed by atoms with Gasteiger partial charge in [-0.1, -0.05) is 22.0 Å². The van der Waals surface area contributed by atoms with E-state index in [0.717, 1.165) is 15.7 Å². The maximum absolute atomic E-state index is 12.4. The first-order chi connectivity index (χ1) is 9.00. The molecular weight excluding hydrogens is 306 g/mol. The molecule has 0 aliphatic rings. The lowest BCUT2D eigenvalue weighted by atomic mass is 10.1. The molecule has 19 heavy (non-hydrogen) atoms. The van der Waals surface area contributed by atoms with Crippen LogP contribution in [0.3, 0.4) is 0 Å². The Labute approximate surface area is 120 Å². The van der Waals surface area contributed by atoms with Crippen molar-refractivity contribution in [3.05, 3.63) is 58.1 Å². The molecule has 3 nitrogen and oxygen atoms in total. The predicted molar refractivity (Wildman–Crippen MR) is 79.7 cm³/mol. The van der Waals surface area contributed by atoms with Crippen LogP contribution in [0.4, 0.5) is 5.69 Å². The molecule has 0 radical (unpaired) electrons. The highest BCUT2D eigenvalue weighted by Gasteiger charge is 2.16.